The predicted octanol–water partition coefficient (Wildman–Crippen LogP) is 2.37. The lowest BCUT2D eigenvalue weighted by atomic mass is 10.2. The van der Waals surface area contributed by atoms with Crippen molar-refractivity contribution >= 4 is 27.7 Å². The van der Waals surface area contributed by atoms with Crippen molar-refractivity contribution in [3.63, 3.8) is 0 Å². The number of aliphatic hydroxyl groups excluding tert-OH is 1. The number of fused-ring (bicyclic) bond motifs is 3. The molecule has 5 nitrogen and oxygen atoms in total. The molecule has 1 amide bonds. The van der Waals surface area contributed by atoms with Crippen molar-refractivity contribution in [2.24, 2.45) is 0 Å². The van der Waals surface area contributed by atoms with Gasteiger partial charge in [0.15, 0.2) is 0 Å². The fraction of sp³-hybridized carbons (Fsp3) is 0.381. The van der Waals surface area contributed by atoms with Crippen LogP contribution in [0.3, 0.4) is 0 Å². The van der Waals surface area contributed by atoms with Crippen LogP contribution in [0.1, 0.15) is 12.8 Å². The number of amides is 1. The number of nitrogens with one attached hydrogen (secondary N) is 1. The maximum atomic E-state index is 11.9. The maximum absolute atomic E-state index is 11.9. The molecular formula is C21H25N3O2. The second-order valence-electron chi connectivity index (χ2n) is 7.34. The third kappa shape index (κ3) is 3.59. The van der Waals surface area contributed by atoms with Gasteiger partial charge < -0.3 is 15.0 Å². The first kappa shape index (κ1) is 17.1. The fourth-order valence-electron chi connectivity index (χ4n) is 3.64. The van der Waals surface area contributed by atoms with Crippen LogP contribution in [0.5, 0.6) is 0 Å². The molecule has 3 aromatic rings. The number of benzene rings is 2. The molecule has 1 aliphatic rings. The van der Waals surface area contributed by atoms with Gasteiger partial charge in [0.25, 0.3) is 0 Å². The fourth-order valence-corrected chi connectivity index (χ4v) is 3.64. The number of hydrogen-bond acceptors (Lipinski definition) is 3. The Balaban J connectivity index is 1.48. The molecule has 1 aliphatic carbocycles. The van der Waals surface area contributed by atoms with Gasteiger partial charge in [0.05, 0.1) is 19.2 Å². The first-order valence-electron chi connectivity index (χ1n) is 9.24. The molecule has 2 aromatic carbocycles. The van der Waals surface area contributed by atoms with Gasteiger partial charge in [0, 0.05) is 34.4 Å². The zero-order chi connectivity index (χ0) is 18.1. The normalized spacial score (nSPS) is 15.7. The quantitative estimate of drug-likeness (QED) is 0.687. The van der Waals surface area contributed by atoms with Gasteiger partial charge in [0.2, 0.25) is 5.91 Å². The maximum Gasteiger partial charge on any atom is 0.234 e. The molecule has 0 saturated heterocycles. The molecule has 136 valence electrons. The second kappa shape index (κ2) is 7.09. The molecule has 26 heavy (non-hydrogen) atoms. The van der Waals surface area contributed by atoms with E-state index in [-0.39, 0.29) is 5.91 Å². The Bertz CT molecular complexity index is 876. The Morgan fingerprint density at radius 3 is 2.31 bits per heavy atom. The molecule has 0 aliphatic heterocycles. The summed E-state index contributed by atoms with van der Waals surface area (Å²) in [6.45, 7) is 1.28. The minimum absolute atomic E-state index is 0.0408. The predicted molar refractivity (Wildman–Crippen MR) is 104 cm³/mol. The van der Waals surface area contributed by atoms with E-state index in [2.05, 4.69) is 34.1 Å². The number of aliphatic hydroxyl groups is 1. The summed E-state index contributed by atoms with van der Waals surface area (Å²) in [5.41, 5.74) is 2.25. The van der Waals surface area contributed by atoms with Gasteiger partial charge in [-0.1, -0.05) is 36.4 Å². The summed E-state index contributed by atoms with van der Waals surface area (Å²) in [5, 5.41) is 16.0. The Labute approximate surface area is 153 Å². The molecule has 1 fully saturated rings. The third-order valence-corrected chi connectivity index (χ3v) is 4.95. The van der Waals surface area contributed by atoms with E-state index in [0.717, 1.165) is 23.9 Å². The molecule has 0 radical (unpaired) electrons. The first-order chi connectivity index (χ1) is 12.6. The molecule has 1 unspecified atom stereocenters. The van der Waals surface area contributed by atoms with Crippen LogP contribution in [0.15, 0.2) is 48.5 Å². The molecular weight excluding hydrogens is 326 g/mol. The number of hydrogen-bond donors (Lipinski definition) is 2. The standard InChI is InChI=1S/C21H25N3O2/c1-23(14-21(26)22-15-10-11-15)12-16(25)13-24-19-8-4-2-6-17(19)18-7-3-5-9-20(18)24/h2-9,15-16,25H,10-14H2,1H3,(H,22,26). The van der Waals surface area contributed by atoms with Gasteiger partial charge in [-0.2, -0.15) is 0 Å². The van der Waals surface area contributed by atoms with Crippen LogP contribution in [0.2, 0.25) is 0 Å². The minimum Gasteiger partial charge on any atom is -0.390 e. The van der Waals surface area contributed by atoms with Gasteiger partial charge >= 0.3 is 0 Å². The molecule has 1 saturated carbocycles. The van der Waals surface area contributed by atoms with E-state index in [1.165, 1.54) is 10.8 Å². The summed E-state index contributed by atoms with van der Waals surface area (Å²) < 4.78 is 2.17. The van der Waals surface area contributed by atoms with Gasteiger partial charge in [0.1, 0.15) is 0 Å². The minimum atomic E-state index is -0.548. The van der Waals surface area contributed by atoms with Crippen molar-refractivity contribution in [3.8, 4) is 0 Å². The second-order valence-corrected chi connectivity index (χ2v) is 7.34. The van der Waals surface area contributed by atoms with Crippen molar-refractivity contribution in [1.82, 2.24) is 14.8 Å². The van der Waals surface area contributed by atoms with Gasteiger partial charge in [-0.25, -0.2) is 0 Å². The molecule has 1 heterocycles. The number of likely N-dealkylation sites (N-methyl/N-ethyl adjacent to an activating group) is 1. The third-order valence-electron chi connectivity index (χ3n) is 4.95. The topological polar surface area (TPSA) is 57.5 Å². The lowest BCUT2D eigenvalue weighted by Crippen LogP contribution is -2.40. The molecule has 1 atom stereocenters. The van der Waals surface area contributed by atoms with Crippen LogP contribution in [-0.2, 0) is 11.3 Å². The molecule has 2 N–H and O–H groups in total. The lowest BCUT2D eigenvalue weighted by Gasteiger charge is -2.21. The summed E-state index contributed by atoms with van der Waals surface area (Å²) in [4.78, 5) is 13.8. The monoisotopic (exact) mass is 351 g/mol. The van der Waals surface area contributed by atoms with Crippen LogP contribution in [0, 0.1) is 0 Å². The van der Waals surface area contributed by atoms with Crippen molar-refractivity contribution in [2.45, 2.75) is 31.5 Å². The zero-order valence-corrected chi connectivity index (χ0v) is 15.1. The van der Waals surface area contributed by atoms with Crippen molar-refractivity contribution < 1.29 is 9.90 Å². The number of carbonyl (C=O) groups is 1. The van der Waals surface area contributed by atoms with Gasteiger partial charge in [-0.05, 0) is 32.0 Å². The summed E-state index contributed by atoms with van der Waals surface area (Å²) >= 11 is 0. The number of para-hydroxylation sites is 2. The molecule has 5 heteroatoms. The average molecular weight is 351 g/mol. The molecule has 4 rings (SSSR count). The lowest BCUT2D eigenvalue weighted by molar-refractivity contribution is -0.122. The first-order valence-corrected chi connectivity index (χ1v) is 9.24. The van der Waals surface area contributed by atoms with Gasteiger partial charge in [-0.3, -0.25) is 9.69 Å². The van der Waals surface area contributed by atoms with E-state index in [0.29, 0.717) is 25.7 Å². The molecule has 0 spiro atoms. The highest BCUT2D eigenvalue weighted by molar-refractivity contribution is 6.07. The smallest absolute Gasteiger partial charge is 0.234 e. The van der Waals surface area contributed by atoms with E-state index in [9.17, 15) is 9.90 Å². The van der Waals surface area contributed by atoms with Gasteiger partial charge in [-0.15, -0.1) is 0 Å². The van der Waals surface area contributed by atoms with Crippen LogP contribution < -0.4 is 5.32 Å². The highest BCUT2D eigenvalue weighted by Crippen LogP contribution is 2.28. The van der Waals surface area contributed by atoms with Crippen molar-refractivity contribution in [2.75, 3.05) is 20.1 Å². The van der Waals surface area contributed by atoms with Crippen LogP contribution in [-0.4, -0.2) is 52.8 Å². The zero-order valence-electron chi connectivity index (χ0n) is 15.1. The van der Waals surface area contributed by atoms with Crippen LogP contribution in [0.25, 0.3) is 21.8 Å². The highest BCUT2D eigenvalue weighted by Gasteiger charge is 2.24. The van der Waals surface area contributed by atoms with Crippen LogP contribution >= 0.6 is 0 Å². The van der Waals surface area contributed by atoms with Crippen molar-refractivity contribution in [1.29, 1.82) is 0 Å². The van der Waals surface area contributed by atoms with E-state index >= 15 is 0 Å². The van der Waals surface area contributed by atoms with E-state index in [1.807, 2.05) is 36.2 Å². The summed E-state index contributed by atoms with van der Waals surface area (Å²) in [6.07, 6.45) is 1.63. The largest absolute Gasteiger partial charge is 0.390 e. The number of aromatic nitrogens is 1. The van der Waals surface area contributed by atoms with Crippen molar-refractivity contribution in [3.05, 3.63) is 48.5 Å². The Morgan fingerprint density at radius 1 is 1.15 bits per heavy atom. The number of carbonyl (C=O) groups excluding carboxylic acids is 1. The summed E-state index contributed by atoms with van der Waals surface area (Å²) in [7, 11) is 1.88. The van der Waals surface area contributed by atoms with E-state index in [4.69, 9.17) is 0 Å². The Kier molecular flexibility index (Phi) is 4.66. The number of rotatable bonds is 7. The van der Waals surface area contributed by atoms with E-state index < -0.39 is 6.10 Å². The molecule has 1 aromatic heterocycles. The summed E-state index contributed by atoms with van der Waals surface area (Å²) in [5.74, 6) is 0.0408. The summed E-state index contributed by atoms with van der Waals surface area (Å²) in [6, 6.07) is 16.9. The number of nitrogens with zero attached hydrogens (tertiary/aromatic N) is 2. The molecule has 0 bridgehead atoms. The SMILES string of the molecule is CN(CC(=O)NC1CC1)CC(O)Cn1c2ccccc2c2ccccc21. The van der Waals surface area contributed by atoms with E-state index in [1.54, 1.807) is 0 Å². The Hall–Kier alpha value is -2.37. The Morgan fingerprint density at radius 2 is 1.73 bits per heavy atom. The highest BCUT2D eigenvalue weighted by atomic mass is 16.3. The average Bonchev–Trinajstić information content (AvgIpc) is 3.38. The van der Waals surface area contributed by atoms with Crippen LogP contribution in [0.4, 0.5) is 0 Å².